The summed E-state index contributed by atoms with van der Waals surface area (Å²) in [6.07, 6.45) is 1.18. The van der Waals surface area contributed by atoms with Gasteiger partial charge in [0, 0.05) is 18.0 Å². The van der Waals surface area contributed by atoms with E-state index in [1.165, 1.54) is 13.8 Å². The Bertz CT molecular complexity index is 1490. The lowest BCUT2D eigenvalue weighted by atomic mass is 9.50. The highest BCUT2D eigenvalue weighted by Gasteiger charge is 2.72. The van der Waals surface area contributed by atoms with Gasteiger partial charge in [-0.15, -0.1) is 0 Å². The minimum absolute atomic E-state index is 0.0326. The first-order chi connectivity index (χ1) is 20.5. The number of nitrogens with two attached hydrogens (primary N) is 1. The summed E-state index contributed by atoms with van der Waals surface area (Å²) >= 11 is 0. The molecule has 2 aliphatic heterocycles. The van der Waals surface area contributed by atoms with Crippen molar-refractivity contribution in [1.82, 2.24) is 10.2 Å². The molecule has 5 N–H and O–H groups in total. The summed E-state index contributed by atoms with van der Waals surface area (Å²) < 4.78 is 17.4. The molecule has 0 unspecified atom stereocenters. The molecule has 11 nitrogen and oxygen atoms in total. The Morgan fingerprint density at radius 2 is 1.91 bits per heavy atom. The second kappa shape index (κ2) is 10.7. The Kier molecular flexibility index (Phi) is 7.22. The molecule has 0 saturated carbocycles. The summed E-state index contributed by atoms with van der Waals surface area (Å²) in [6.45, 7) is 3.52. The average Bonchev–Trinajstić information content (AvgIpc) is 3.34. The SMILES string of the molecule is C[C@H](NC(=O)[C@@H](N)Cc1ccccc1)C(=O)O[C@@H](C)C(=O)OC1=CC[C@@]2(O)[C@@H]3Cc4ccc(O)c5c4[C@@]2(CCN3C)[C@H]1O5. The van der Waals surface area contributed by atoms with Gasteiger partial charge in [0.2, 0.25) is 5.91 Å². The second-order valence-electron chi connectivity index (χ2n) is 12.1. The van der Waals surface area contributed by atoms with Crippen LogP contribution in [0.1, 0.15) is 43.4 Å². The summed E-state index contributed by atoms with van der Waals surface area (Å²) in [4.78, 5) is 40.6. The van der Waals surface area contributed by atoms with E-state index in [1.807, 2.05) is 43.4 Å². The van der Waals surface area contributed by atoms with Gasteiger partial charge >= 0.3 is 11.9 Å². The predicted octanol–water partition coefficient (Wildman–Crippen LogP) is 1.22. The van der Waals surface area contributed by atoms with Gasteiger partial charge in [-0.25, -0.2) is 9.59 Å². The number of benzene rings is 2. The number of esters is 2. The molecule has 0 aromatic heterocycles. The van der Waals surface area contributed by atoms with Gasteiger partial charge in [-0.1, -0.05) is 36.4 Å². The highest BCUT2D eigenvalue weighted by molar-refractivity contribution is 5.88. The first-order valence-electron chi connectivity index (χ1n) is 14.6. The Hall–Kier alpha value is -3.93. The number of carbonyl (C=O) groups excluding carboxylic acids is 3. The van der Waals surface area contributed by atoms with Crippen molar-refractivity contribution in [1.29, 1.82) is 0 Å². The molecule has 11 heteroatoms. The van der Waals surface area contributed by atoms with Crippen molar-refractivity contribution in [3.05, 3.63) is 71.0 Å². The van der Waals surface area contributed by atoms with Crippen molar-refractivity contribution in [2.75, 3.05) is 13.6 Å². The summed E-state index contributed by atoms with van der Waals surface area (Å²) in [5.41, 5.74) is 6.57. The van der Waals surface area contributed by atoms with Crippen molar-refractivity contribution in [3.8, 4) is 11.5 Å². The first-order valence-corrected chi connectivity index (χ1v) is 14.6. The van der Waals surface area contributed by atoms with E-state index < -0.39 is 53.2 Å². The maximum atomic E-state index is 13.2. The minimum atomic E-state index is -1.30. The van der Waals surface area contributed by atoms with Gasteiger partial charge in [0.25, 0.3) is 0 Å². The van der Waals surface area contributed by atoms with Crippen molar-refractivity contribution in [3.63, 3.8) is 0 Å². The van der Waals surface area contributed by atoms with E-state index in [4.69, 9.17) is 19.9 Å². The van der Waals surface area contributed by atoms with Crippen molar-refractivity contribution in [2.45, 2.75) is 80.9 Å². The molecule has 1 saturated heterocycles. The zero-order valence-corrected chi connectivity index (χ0v) is 24.4. The molecule has 4 aliphatic rings. The molecule has 2 aromatic rings. The monoisotopic (exact) mass is 591 g/mol. The van der Waals surface area contributed by atoms with Crippen molar-refractivity contribution >= 4 is 17.8 Å². The van der Waals surface area contributed by atoms with Crippen LogP contribution in [-0.2, 0) is 42.1 Å². The molecule has 43 heavy (non-hydrogen) atoms. The zero-order chi connectivity index (χ0) is 30.7. The van der Waals surface area contributed by atoms with Crippen LogP contribution < -0.4 is 15.8 Å². The van der Waals surface area contributed by atoms with E-state index in [1.54, 1.807) is 12.1 Å². The van der Waals surface area contributed by atoms with Crippen LogP contribution in [0, 0.1) is 0 Å². The number of aliphatic hydroxyl groups is 1. The number of nitrogens with one attached hydrogen (secondary N) is 1. The quantitative estimate of drug-likeness (QED) is 0.329. The number of aromatic hydroxyl groups is 1. The lowest BCUT2D eigenvalue weighted by Gasteiger charge is -2.61. The van der Waals surface area contributed by atoms with Gasteiger partial charge in [-0.3, -0.25) is 4.79 Å². The van der Waals surface area contributed by atoms with Crippen LogP contribution in [0.5, 0.6) is 11.5 Å². The fraction of sp³-hybridized carbons (Fsp3) is 0.469. The van der Waals surface area contributed by atoms with Crippen LogP contribution >= 0.6 is 0 Å². The van der Waals surface area contributed by atoms with Crippen LogP contribution in [0.15, 0.2) is 54.3 Å². The number of phenols is 1. The summed E-state index contributed by atoms with van der Waals surface area (Å²) in [7, 11) is 1.99. The van der Waals surface area contributed by atoms with Crippen LogP contribution in [-0.4, -0.2) is 82.5 Å². The fourth-order valence-corrected chi connectivity index (χ4v) is 7.30. The predicted molar refractivity (Wildman–Crippen MR) is 154 cm³/mol. The van der Waals surface area contributed by atoms with Crippen LogP contribution in [0.2, 0.25) is 0 Å². The number of hydrogen-bond donors (Lipinski definition) is 4. The average molecular weight is 592 g/mol. The van der Waals surface area contributed by atoms with E-state index >= 15 is 0 Å². The molecular weight excluding hydrogens is 554 g/mol. The third-order valence-electron chi connectivity index (χ3n) is 9.54. The number of nitrogens with zero attached hydrogens (tertiary/aromatic N) is 1. The molecule has 1 fully saturated rings. The molecule has 1 amide bonds. The summed E-state index contributed by atoms with van der Waals surface area (Å²) in [5.74, 6) is -1.69. The summed E-state index contributed by atoms with van der Waals surface area (Å²) in [5, 5.41) is 25.4. The molecule has 2 bridgehead atoms. The highest BCUT2D eigenvalue weighted by atomic mass is 16.6. The molecule has 2 aliphatic carbocycles. The van der Waals surface area contributed by atoms with E-state index in [9.17, 15) is 24.6 Å². The lowest BCUT2D eigenvalue weighted by Crippen LogP contribution is -2.74. The van der Waals surface area contributed by atoms with Crippen LogP contribution in [0.3, 0.4) is 0 Å². The fourth-order valence-electron chi connectivity index (χ4n) is 7.30. The number of carbonyl (C=O) groups is 3. The third kappa shape index (κ3) is 4.57. The van der Waals surface area contributed by atoms with Crippen LogP contribution in [0.25, 0.3) is 0 Å². The number of ether oxygens (including phenoxy) is 3. The molecule has 2 aromatic carbocycles. The van der Waals surface area contributed by atoms with Gasteiger partial charge in [0.15, 0.2) is 23.7 Å². The first kappa shape index (κ1) is 29.2. The van der Waals surface area contributed by atoms with Crippen molar-refractivity contribution in [2.24, 2.45) is 5.73 Å². The van der Waals surface area contributed by atoms with E-state index in [0.717, 1.165) is 16.7 Å². The number of phenolic OH excluding ortho intramolecular Hbond substituents is 1. The highest BCUT2D eigenvalue weighted by Crippen LogP contribution is 2.65. The smallest absolute Gasteiger partial charge is 0.352 e. The maximum Gasteiger partial charge on any atom is 0.352 e. The lowest BCUT2D eigenvalue weighted by molar-refractivity contribution is -0.176. The standard InChI is InChI=1S/C32H37N3O8/c1-17(34-28(37)21(33)15-19-7-5-4-6-8-19)29(38)41-18(2)30(39)42-23-11-12-32(40)24-16-20-9-10-22(36)26-25(20)31(32,27(23)43-26)13-14-35(24)3/h4-11,17-18,21,24,27,36,40H,12-16,33H2,1-3H3,(H,34,37)/t17-,18-,21-,24-,27-,31-,32+/m0/s1. The number of hydrogen-bond acceptors (Lipinski definition) is 10. The minimum Gasteiger partial charge on any atom is -0.504 e. The van der Waals surface area contributed by atoms with Gasteiger partial charge in [0.1, 0.15) is 11.8 Å². The van der Waals surface area contributed by atoms with E-state index in [2.05, 4.69) is 10.2 Å². The number of likely N-dealkylation sites (tertiary alicyclic amines) is 1. The van der Waals surface area contributed by atoms with Crippen molar-refractivity contribution < 1.29 is 38.8 Å². The van der Waals surface area contributed by atoms with Gasteiger partial charge < -0.3 is 40.4 Å². The topological polar surface area (TPSA) is 161 Å². The molecule has 7 atom stereocenters. The van der Waals surface area contributed by atoms with Gasteiger partial charge in [-0.05, 0) is 70.0 Å². The Morgan fingerprint density at radius 3 is 2.65 bits per heavy atom. The number of amides is 1. The molecule has 228 valence electrons. The van der Waals surface area contributed by atoms with Gasteiger partial charge in [0.05, 0.1) is 17.1 Å². The van der Waals surface area contributed by atoms with E-state index in [0.29, 0.717) is 31.6 Å². The number of piperidine rings is 1. The normalized spacial score (nSPS) is 28.8. The molecular formula is C32H37N3O8. The largest absolute Gasteiger partial charge is 0.504 e. The zero-order valence-electron chi connectivity index (χ0n) is 24.4. The molecule has 1 spiro atoms. The Labute approximate surface area is 249 Å². The molecule has 0 radical (unpaired) electrons. The van der Waals surface area contributed by atoms with E-state index in [-0.39, 0.29) is 24.0 Å². The number of rotatable bonds is 8. The molecule has 6 rings (SSSR count). The third-order valence-corrected chi connectivity index (χ3v) is 9.54. The summed E-state index contributed by atoms with van der Waals surface area (Å²) in [6, 6.07) is 10.6. The maximum absolute atomic E-state index is 13.2. The van der Waals surface area contributed by atoms with Gasteiger partial charge in [-0.2, -0.15) is 0 Å². The number of likely N-dealkylation sites (N-methyl/N-ethyl adjacent to an activating group) is 1. The second-order valence-corrected chi connectivity index (χ2v) is 12.1. The van der Waals surface area contributed by atoms with Crippen LogP contribution in [0.4, 0.5) is 0 Å². The Morgan fingerprint density at radius 1 is 1.16 bits per heavy atom. The Balaban J connectivity index is 1.13. The molecule has 2 heterocycles.